The molecule has 3 aliphatic rings. The second kappa shape index (κ2) is 30.7. The Labute approximate surface area is 461 Å². The second-order valence-electron chi connectivity index (χ2n) is 22.6. The maximum atomic E-state index is 14.5. The summed E-state index contributed by atoms with van der Waals surface area (Å²) in [4.78, 5) is 81.6. The molecule has 14 atom stereocenters. The molecule has 2 saturated heterocycles. The van der Waals surface area contributed by atoms with E-state index in [-0.39, 0.29) is 67.6 Å². The molecule has 2 bridgehead atoms. The molecule has 4 rings (SSSR count). The van der Waals surface area contributed by atoms with Crippen LogP contribution in [0.25, 0.3) is 0 Å². The number of benzene rings is 1. The molecule has 0 aromatic heterocycles. The molecule has 10 unspecified atom stereocenters. The van der Waals surface area contributed by atoms with Gasteiger partial charge in [-0.1, -0.05) is 103 Å². The predicted octanol–water partition coefficient (Wildman–Crippen LogP) is 6.48. The molecule has 2 fully saturated rings. The summed E-state index contributed by atoms with van der Waals surface area (Å²) in [5, 5.41) is 65.1. The van der Waals surface area contributed by atoms with Crippen LogP contribution in [0.15, 0.2) is 78.0 Å². The number of rotatable bonds is 18. The number of aliphatic hydroxyl groups is 4. The van der Waals surface area contributed by atoms with Crippen molar-refractivity contribution in [3.05, 3.63) is 89.3 Å². The summed E-state index contributed by atoms with van der Waals surface area (Å²) in [5.74, 6) is -7.59. The molecular weight excluding hydrogens is 1000 g/mol. The number of hydrazine groups is 1. The number of ether oxygens (including phenoxy) is 1. The summed E-state index contributed by atoms with van der Waals surface area (Å²) >= 11 is 0. The van der Waals surface area contributed by atoms with Crippen molar-refractivity contribution in [1.29, 1.82) is 0 Å². The number of aromatic hydroxyl groups is 1. The van der Waals surface area contributed by atoms with Crippen molar-refractivity contribution in [1.82, 2.24) is 26.4 Å². The largest absolute Gasteiger partial charge is 0.505 e. The fourth-order valence-corrected chi connectivity index (χ4v) is 10.3. The predicted molar refractivity (Wildman–Crippen MR) is 296 cm³/mol. The van der Waals surface area contributed by atoms with Crippen LogP contribution in [0.3, 0.4) is 0 Å². The molecule has 3 heterocycles. The van der Waals surface area contributed by atoms with Crippen molar-refractivity contribution in [2.24, 2.45) is 41.4 Å². The first-order valence-corrected chi connectivity index (χ1v) is 28.1. The zero-order valence-corrected chi connectivity index (χ0v) is 47.5. The summed E-state index contributed by atoms with van der Waals surface area (Å²) in [7, 11) is 0. The minimum atomic E-state index is -1.46. The zero-order valence-electron chi connectivity index (χ0n) is 47.5. The Morgan fingerprint density at radius 1 is 0.974 bits per heavy atom. The van der Waals surface area contributed by atoms with Gasteiger partial charge in [0.05, 0.1) is 24.2 Å². The first kappa shape index (κ1) is 65.0. The summed E-state index contributed by atoms with van der Waals surface area (Å²) in [5.41, 5.74) is 3.31. The van der Waals surface area contributed by atoms with Gasteiger partial charge in [-0.25, -0.2) is 9.82 Å². The van der Waals surface area contributed by atoms with Gasteiger partial charge in [-0.3, -0.25) is 29.0 Å². The van der Waals surface area contributed by atoms with Gasteiger partial charge in [0.15, 0.2) is 17.3 Å². The Hall–Kier alpha value is -5.53. The number of ketones is 1. The third-order valence-corrected chi connectivity index (χ3v) is 15.9. The quantitative estimate of drug-likeness (QED) is 0.0434. The van der Waals surface area contributed by atoms with Crippen LogP contribution in [0.1, 0.15) is 145 Å². The Kier molecular flexibility index (Phi) is 25.6. The van der Waals surface area contributed by atoms with E-state index in [4.69, 9.17) is 4.74 Å². The second-order valence-corrected chi connectivity index (χ2v) is 22.6. The fraction of sp³-hybridized carbons (Fsp3) is 0.633. The van der Waals surface area contributed by atoms with Gasteiger partial charge in [-0.05, 0) is 125 Å². The number of phenols is 1. The number of piperidine rings is 1. The van der Waals surface area contributed by atoms with Gasteiger partial charge < -0.3 is 51.0 Å². The number of nitrogens with one attached hydrogen (secondary N) is 4. The highest BCUT2D eigenvalue weighted by Gasteiger charge is 2.44. The lowest BCUT2D eigenvalue weighted by Crippen LogP contribution is -2.62. The van der Waals surface area contributed by atoms with Crippen molar-refractivity contribution in [2.45, 2.75) is 195 Å². The number of Topliss-reactive ketones (excluding diaryl/α,β-unsaturated/α-hetero) is 1. The number of halogens is 1. The molecule has 0 aliphatic carbocycles. The lowest BCUT2D eigenvalue weighted by atomic mass is 9.77. The van der Waals surface area contributed by atoms with E-state index in [1.54, 1.807) is 39.0 Å². The van der Waals surface area contributed by atoms with Crippen LogP contribution in [0.2, 0.25) is 0 Å². The van der Waals surface area contributed by atoms with E-state index in [9.17, 15) is 58.7 Å². The van der Waals surface area contributed by atoms with Crippen LogP contribution >= 0.6 is 0 Å². The number of aliphatic hydroxyl groups excluding tert-OH is 3. The number of amides is 4. The number of allylic oxidation sites excluding steroid dienone is 6. The van der Waals surface area contributed by atoms with Gasteiger partial charge in [0.1, 0.15) is 30.0 Å². The molecule has 1 aromatic carbocycles. The molecule has 1 aromatic rings. The number of carbonyl (C=O) groups is 6. The van der Waals surface area contributed by atoms with Crippen LogP contribution in [-0.2, 0) is 39.9 Å². The third kappa shape index (κ3) is 18.8. The molecule has 17 nitrogen and oxygen atoms in total. The van der Waals surface area contributed by atoms with Crippen LogP contribution < -0.4 is 21.4 Å². The first-order chi connectivity index (χ1) is 36.8. The Bertz CT molecular complexity index is 2370. The molecule has 0 saturated carbocycles. The minimum absolute atomic E-state index is 0.0137. The van der Waals surface area contributed by atoms with Crippen molar-refractivity contribution in [3.63, 3.8) is 0 Å². The van der Waals surface area contributed by atoms with Gasteiger partial charge >= 0.3 is 5.97 Å². The maximum absolute atomic E-state index is 14.5. The van der Waals surface area contributed by atoms with Crippen LogP contribution in [0, 0.1) is 47.2 Å². The van der Waals surface area contributed by atoms with E-state index >= 15 is 0 Å². The molecule has 0 radical (unpaired) electrons. The molecule has 78 heavy (non-hydrogen) atoms. The number of fused-ring (bicyclic) bond motifs is 2. The summed E-state index contributed by atoms with van der Waals surface area (Å²) in [6, 6.07) is -0.0470. The first-order valence-electron chi connectivity index (χ1n) is 28.1. The van der Waals surface area contributed by atoms with E-state index in [0.717, 1.165) is 18.6 Å². The molecular formula is C60H90FN5O12. The smallest absolute Gasteiger partial charge is 0.325 e. The van der Waals surface area contributed by atoms with Crippen molar-refractivity contribution >= 4 is 35.4 Å². The molecule has 9 N–H and O–H groups in total. The maximum Gasteiger partial charge on any atom is 0.325 e. The summed E-state index contributed by atoms with van der Waals surface area (Å²) < 4.78 is 20.3. The number of esters is 1. The number of nitrogens with zero attached hydrogens (tertiary/aromatic N) is 1. The van der Waals surface area contributed by atoms with Gasteiger partial charge in [0, 0.05) is 43.6 Å². The number of hydrogen-bond acceptors (Lipinski definition) is 13. The van der Waals surface area contributed by atoms with E-state index < -0.39 is 101 Å². The van der Waals surface area contributed by atoms with Crippen LogP contribution in [0.5, 0.6) is 5.75 Å². The summed E-state index contributed by atoms with van der Waals surface area (Å²) in [6.07, 6.45) is 14.6. The number of carbonyl (C=O) groups excluding carboxylic acids is 6. The van der Waals surface area contributed by atoms with E-state index in [2.05, 4.69) is 21.4 Å². The van der Waals surface area contributed by atoms with Crippen molar-refractivity contribution in [3.8, 4) is 5.75 Å². The zero-order chi connectivity index (χ0) is 58.0. The molecule has 434 valence electrons. The Morgan fingerprint density at radius 2 is 1.69 bits per heavy atom. The Morgan fingerprint density at radius 3 is 2.36 bits per heavy atom. The highest BCUT2D eigenvalue weighted by molar-refractivity contribution is 5.93. The summed E-state index contributed by atoms with van der Waals surface area (Å²) in [6.45, 7) is 18.0. The third-order valence-electron chi connectivity index (χ3n) is 15.9. The fourth-order valence-electron chi connectivity index (χ4n) is 10.3. The monoisotopic (exact) mass is 1090 g/mol. The lowest BCUT2D eigenvalue weighted by molar-refractivity contribution is -0.156. The standard InChI is InChI=1S/C60H90FN5O12/c1-11-44-32-40(8)60(77,64-55(44)72)39(7)31-36(4)24-29-49(68)37(5)19-14-12-15-20-38(6)52-23-17-13-16-22-50(69)42(10)54(71)45(27-25-41(9)67)56(73)63-53(35(2)3)57(74)62-48(33-43-26-28-46(61)51(70)34-43)58(75)66-30-18-21-47(65-66)59(76)78-52/h12-13,15-17,20,22,26,28,31,34-37,40,42,44-45,47-50,52-54,65,68-71,77H,11,14,18-19,21,23-25,27,29-30,32-33H2,1-10H3,(H,62,74)(H,63,73)(H,64,72)/b15-12+,17-13+,22-16+,38-20+,39-31-/t36?,37?,40-,42?,44?,45?,47?,48?,49?,50-,52-,53?,54?,60-/m0/s1. The van der Waals surface area contributed by atoms with Crippen LogP contribution in [-0.4, -0.2) is 121 Å². The highest BCUT2D eigenvalue weighted by atomic mass is 19.1. The lowest BCUT2D eigenvalue weighted by Gasteiger charge is -2.42. The topological polar surface area (TPSA) is 264 Å². The number of phenolic OH excluding ortho intramolecular Hbond substituents is 1. The molecule has 18 heteroatoms. The van der Waals surface area contributed by atoms with E-state index in [0.29, 0.717) is 61.7 Å². The van der Waals surface area contributed by atoms with Gasteiger partial charge in [0.25, 0.3) is 5.91 Å². The number of hydrogen-bond donors (Lipinski definition) is 9. The van der Waals surface area contributed by atoms with Gasteiger partial charge in [-0.15, -0.1) is 0 Å². The molecule has 3 aliphatic heterocycles. The van der Waals surface area contributed by atoms with E-state index in [1.807, 2.05) is 65.8 Å². The minimum Gasteiger partial charge on any atom is -0.505 e. The van der Waals surface area contributed by atoms with E-state index in [1.165, 1.54) is 24.1 Å². The molecule has 0 spiro atoms. The highest BCUT2D eigenvalue weighted by Crippen LogP contribution is 2.35. The van der Waals surface area contributed by atoms with Crippen molar-refractivity contribution in [2.75, 3.05) is 6.54 Å². The Balaban J connectivity index is 1.54. The average Bonchev–Trinajstić information content (AvgIpc) is 3.42. The SMILES string of the molecule is CCC1C[C@H](C)[C@@](O)(/C(C)=C\C(C)CCC(O)C(C)CC/C=C/C=C(\C)[C@@H]2C/C=C/C=C/[C@H](O)C(C)C(O)C(CCC(C)=O)C(=O)NC(C(C)C)C(=O)NC(Cc3ccc(F)c(O)c3)C(=O)N3CCCC(N3)C(=O)O2)NC1=O. The van der Waals surface area contributed by atoms with Crippen molar-refractivity contribution < 1.29 is 63.4 Å². The van der Waals surface area contributed by atoms with Gasteiger partial charge in [-0.2, -0.15) is 0 Å². The normalized spacial score (nSPS) is 30.8. The molecule has 4 amide bonds. The number of cyclic esters (lactones) is 1. The van der Waals surface area contributed by atoms with Gasteiger partial charge in [0.2, 0.25) is 17.7 Å². The van der Waals surface area contributed by atoms with Crippen LogP contribution in [0.4, 0.5) is 4.39 Å². The average molecular weight is 1090 g/mol.